The summed E-state index contributed by atoms with van der Waals surface area (Å²) in [5.41, 5.74) is 0. The van der Waals surface area contributed by atoms with Gasteiger partial charge in [0.2, 0.25) is 0 Å². The fraction of sp³-hybridized carbons (Fsp3) is 0.897. The topological polar surface area (TPSA) is 94.5 Å². The number of ether oxygens (including phenoxy) is 4. The van der Waals surface area contributed by atoms with Gasteiger partial charge < -0.3 is 29.2 Å². The summed E-state index contributed by atoms with van der Waals surface area (Å²) in [5, 5.41) is 19.9. The molecule has 4 fully saturated rings. The van der Waals surface area contributed by atoms with Gasteiger partial charge in [-0.3, -0.25) is 4.79 Å². The number of hydrogen-bond donors (Lipinski definition) is 2. The number of methoxy groups -OCH3 is 1. The Morgan fingerprint density at radius 1 is 1.19 bits per heavy atom. The molecule has 0 aromatic heterocycles. The van der Waals surface area contributed by atoms with Gasteiger partial charge in [0.1, 0.15) is 0 Å². The highest BCUT2D eigenvalue weighted by Gasteiger charge is 2.54. The highest BCUT2D eigenvalue weighted by molar-refractivity contribution is 5.66. The van der Waals surface area contributed by atoms with Crippen molar-refractivity contribution in [3.05, 3.63) is 12.2 Å². The molecule has 7 heteroatoms. The van der Waals surface area contributed by atoms with Crippen LogP contribution >= 0.6 is 0 Å². The van der Waals surface area contributed by atoms with Gasteiger partial charge in [0.25, 0.3) is 0 Å². The molecule has 0 aromatic rings. The summed E-state index contributed by atoms with van der Waals surface area (Å²) in [6.45, 7) is 3.04. The van der Waals surface area contributed by atoms with Gasteiger partial charge in [0, 0.05) is 45.3 Å². The lowest BCUT2D eigenvalue weighted by Crippen LogP contribution is -2.33. The van der Waals surface area contributed by atoms with Crippen molar-refractivity contribution in [2.75, 3.05) is 13.7 Å². The molecule has 2 saturated carbocycles. The minimum Gasteiger partial charge on any atom is -0.481 e. The molecule has 2 heterocycles. The van der Waals surface area contributed by atoms with E-state index in [1.54, 1.807) is 7.11 Å². The first kappa shape index (κ1) is 28.0. The van der Waals surface area contributed by atoms with Crippen LogP contribution in [-0.4, -0.2) is 60.3 Å². The Morgan fingerprint density at radius 2 is 2.06 bits per heavy atom. The van der Waals surface area contributed by atoms with Gasteiger partial charge in [-0.1, -0.05) is 38.3 Å². The van der Waals surface area contributed by atoms with Crippen molar-refractivity contribution in [3.63, 3.8) is 0 Å². The van der Waals surface area contributed by atoms with Crippen molar-refractivity contribution in [2.24, 2.45) is 23.7 Å². The average Bonchev–Trinajstić information content (AvgIpc) is 3.54. The van der Waals surface area contributed by atoms with Crippen LogP contribution in [0.5, 0.6) is 0 Å². The molecule has 4 rings (SSSR count). The second-order valence-electron chi connectivity index (χ2n) is 11.6. The number of aliphatic carboxylic acids is 1. The van der Waals surface area contributed by atoms with Crippen LogP contribution in [0.1, 0.15) is 96.8 Å². The minimum atomic E-state index is -0.766. The second kappa shape index (κ2) is 13.2. The predicted octanol–water partition coefficient (Wildman–Crippen LogP) is 5.44. The van der Waals surface area contributed by atoms with Gasteiger partial charge in [-0.15, -0.1) is 0 Å². The van der Waals surface area contributed by atoms with E-state index < -0.39 is 17.9 Å². The van der Waals surface area contributed by atoms with Crippen LogP contribution in [-0.2, 0) is 23.7 Å². The smallest absolute Gasteiger partial charge is 0.303 e. The highest BCUT2D eigenvalue weighted by Crippen LogP contribution is 2.50. The first-order valence-electron chi connectivity index (χ1n) is 14.5. The van der Waals surface area contributed by atoms with Crippen molar-refractivity contribution in [1.82, 2.24) is 0 Å². The van der Waals surface area contributed by atoms with Crippen LogP contribution in [0.25, 0.3) is 0 Å². The maximum atomic E-state index is 10.9. The lowest BCUT2D eigenvalue weighted by atomic mass is 9.87. The van der Waals surface area contributed by atoms with Crippen molar-refractivity contribution < 1.29 is 34.0 Å². The van der Waals surface area contributed by atoms with E-state index in [2.05, 4.69) is 19.1 Å². The first-order chi connectivity index (χ1) is 17.4. The van der Waals surface area contributed by atoms with Gasteiger partial charge in [0.05, 0.1) is 18.3 Å². The number of carboxylic acid groups (broad SMARTS) is 1. The second-order valence-corrected chi connectivity index (χ2v) is 11.6. The number of fused-ring (bicyclic) bond motifs is 1. The quantitative estimate of drug-likeness (QED) is 0.252. The summed E-state index contributed by atoms with van der Waals surface area (Å²) in [6.07, 6.45) is 16.9. The van der Waals surface area contributed by atoms with Crippen LogP contribution in [0.2, 0.25) is 0 Å². The Bertz CT molecular complexity index is 720. The molecular formula is C29H48O7. The maximum Gasteiger partial charge on any atom is 0.303 e. The lowest BCUT2D eigenvalue weighted by molar-refractivity contribution is -0.218. The van der Waals surface area contributed by atoms with E-state index in [0.717, 1.165) is 44.6 Å². The van der Waals surface area contributed by atoms with Gasteiger partial charge in [-0.05, 0) is 62.7 Å². The van der Waals surface area contributed by atoms with Crippen molar-refractivity contribution in [2.45, 2.75) is 127 Å². The number of carboxylic acids is 1. The molecule has 2 saturated heterocycles. The Labute approximate surface area is 216 Å². The molecule has 2 N–H and O–H groups in total. The van der Waals surface area contributed by atoms with E-state index in [1.165, 1.54) is 32.1 Å². The zero-order chi connectivity index (χ0) is 25.5. The van der Waals surface area contributed by atoms with Crippen LogP contribution in [0.4, 0.5) is 0 Å². The third-order valence-electron chi connectivity index (χ3n) is 9.09. The molecule has 0 aromatic carbocycles. The summed E-state index contributed by atoms with van der Waals surface area (Å²) in [7, 11) is 1.68. The number of hydrogen-bond acceptors (Lipinski definition) is 6. The molecular weight excluding hydrogens is 460 g/mol. The van der Waals surface area contributed by atoms with E-state index in [-0.39, 0.29) is 36.8 Å². The predicted molar refractivity (Wildman–Crippen MR) is 136 cm³/mol. The number of aliphatic hydroxyl groups is 1. The number of aliphatic hydroxyl groups excluding tert-OH is 1. The third kappa shape index (κ3) is 7.10. The summed E-state index contributed by atoms with van der Waals surface area (Å²) in [4.78, 5) is 10.9. The van der Waals surface area contributed by atoms with Crippen LogP contribution in [0, 0.1) is 23.7 Å². The molecule has 9 atom stereocenters. The summed E-state index contributed by atoms with van der Waals surface area (Å²) < 4.78 is 24.7. The lowest BCUT2D eigenvalue weighted by Gasteiger charge is -2.30. The van der Waals surface area contributed by atoms with E-state index >= 15 is 0 Å². The highest BCUT2D eigenvalue weighted by atomic mass is 16.7. The largest absolute Gasteiger partial charge is 0.481 e. The van der Waals surface area contributed by atoms with E-state index in [1.807, 2.05) is 0 Å². The van der Waals surface area contributed by atoms with E-state index in [0.29, 0.717) is 25.2 Å². The van der Waals surface area contributed by atoms with Gasteiger partial charge >= 0.3 is 5.97 Å². The van der Waals surface area contributed by atoms with Crippen LogP contribution < -0.4 is 0 Å². The Hall–Kier alpha value is -0.990. The third-order valence-corrected chi connectivity index (χ3v) is 9.09. The van der Waals surface area contributed by atoms with Crippen molar-refractivity contribution in [3.8, 4) is 0 Å². The normalized spacial score (nSPS) is 39.6. The standard InChI is InChI=1S/C29H48O7/c1-3-8-20-11-12-21(17-20)25(35-28-10-5-7-16-34-28)14-13-22-23-19-29(33-2,15-6-4-9-27(31)32)36-26(23)18-24(22)30/h13-14,20-26,28,30H,3-12,15-19H2,1-2H3,(H,31,32)/b14-13+/t20?,21?,22-,23-,24-,25-,26-,28?,29?/m1/s1. The Balaban J connectivity index is 1.40. The SMILES string of the molecule is CCCC1CCC([C@@H](/C=C/[C@@H]2[C@H]3CC(CCCCC(=O)O)(OC)O[C@@H]3C[C@H]2O)OC2CCCCO2)C1. The molecule has 7 nitrogen and oxygen atoms in total. The molecule has 36 heavy (non-hydrogen) atoms. The fourth-order valence-electron chi connectivity index (χ4n) is 7.15. The molecule has 2 aliphatic carbocycles. The number of carbonyl (C=O) groups is 1. The molecule has 4 unspecified atom stereocenters. The first-order valence-corrected chi connectivity index (χ1v) is 14.5. The van der Waals surface area contributed by atoms with Crippen LogP contribution in [0.3, 0.4) is 0 Å². The zero-order valence-electron chi connectivity index (χ0n) is 22.3. The number of rotatable bonds is 13. The van der Waals surface area contributed by atoms with E-state index in [9.17, 15) is 9.90 Å². The van der Waals surface area contributed by atoms with Crippen molar-refractivity contribution in [1.29, 1.82) is 0 Å². The summed E-state index contributed by atoms with van der Waals surface area (Å²) >= 11 is 0. The molecule has 0 amide bonds. The van der Waals surface area contributed by atoms with Crippen molar-refractivity contribution >= 4 is 5.97 Å². The average molecular weight is 509 g/mol. The monoisotopic (exact) mass is 508 g/mol. The maximum absolute atomic E-state index is 10.9. The number of unbranched alkanes of at least 4 members (excludes halogenated alkanes) is 1. The van der Waals surface area contributed by atoms with Gasteiger partial charge in [0.15, 0.2) is 12.1 Å². The fourth-order valence-corrected chi connectivity index (χ4v) is 7.15. The Morgan fingerprint density at radius 3 is 2.78 bits per heavy atom. The van der Waals surface area contributed by atoms with Crippen LogP contribution in [0.15, 0.2) is 12.2 Å². The minimum absolute atomic E-state index is 0.0114. The summed E-state index contributed by atoms with van der Waals surface area (Å²) in [5.74, 6) is 0.0587. The Kier molecular flexibility index (Phi) is 10.3. The summed E-state index contributed by atoms with van der Waals surface area (Å²) in [6, 6.07) is 0. The van der Waals surface area contributed by atoms with E-state index in [4.69, 9.17) is 24.1 Å². The zero-order valence-corrected chi connectivity index (χ0v) is 22.3. The van der Waals surface area contributed by atoms with Gasteiger partial charge in [-0.25, -0.2) is 0 Å². The molecule has 0 spiro atoms. The van der Waals surface area contributed by atoms with Gasteiger partial charge in [-0.2, -0.15) is 0 Å². The molecule has 206 valence electrons. The molecule has 2 aliphatic heterocycles. The molecule has 0 radical (unpaired) electrons. The molecule has 0 bridgehead atoms. The molecule has 4 aliphatic rings.